The lowest BCUT2D eigenvalue weighted by atomic mass is 10.2. The third kappa shape index (κ3) is 5.09. The van der Waals surface area contributed by atoms with Gasteiger partial charge >= 0.3 is 5.97 Å². The van der Waals surface area contributed by atoms with Crippen LogP contribution in [0.3, 0.4) is 0 Å². The minimum absolute atomic E-state index is 0.229. The van der Waals surface area contributed by atoms with E-state index < -0.39 is 24.2 Å². The molecule has 1 aromatic carbocycles. The normalized spacial score (nSPS) is 8.69. The first-order chi connectivity index (χ1) is 7.59. The van der Waals surface area contributed by atoms with Crippen LogP contribution in [0.1, 0.15) is 24.2 Å². The predicted octanol–water partition coefficient (Wildman–Crippen LogP) is 1.67. The molecule has 2 N–H and O–H groups in total. The molecule has 4 nitrogen and oxygen atoms in total. The first kappa shape index (κ1) is 14.1. The molecule has 0 saturated carbocycles. The number of hydrogen-bond donors (Lipinski definition) is 2. The fourth-order valence-electron chi connectivity index (χ4n) is 0.859. The molecule has 0 unspecified atom stereocenters. The van der Waals surface area contributed by atoms with E-state index in [1.165, 1.54) is 12.1 Å². The first-order valence-corrected chi connectivity index (χ1v) is 4.85. The summed E-state index contributed by atoms with van der Waals surface area (Å²) in [5, 5.41) is 10.4. The third-order valence-corrected chi connectivity index (χ3v) is 1.51. The summed E-state index contributed by atoms with van der Waals surface area (Å²) in [5.41, 5.74) is 0.229. The SMILES string of the molecule is CC.O=C(O)CNC(=O)c1ccc(F)cc1. The van der Waals surface area contributed by atoms with Gasteiger partial charge in [0.15, 0.2) is 0 Å². The summed E-state index contributed by atoms with van der Waals surface area (Å²) in [6, 6.07) is 4.84. The molecule has 16 heavy (non-hydrogen) atoms. The molecule has 5 heteroatoms. The van der Waals surface area contributed by atoms with Gasteiger partial charge in [-0.1, -0.05) is 13.8 Å². The molecule has 0 saturated heterocycles. The number of carboxylic acid groups (broad SMARTS) is 1. The number of nitrogens with one attached hydrogen (secondary N) is 1. The first-order valence-electron chi connectivity index (χ1n) is 4.85. The van der Waals surface area contributed by atoms with Gasteiger partial charge in [-0.2, -0.15) is 0 Å². The van der Waals surface area contributed by atoms with E-state index in [1.807, 2.05) is 13.8 Å². The number of halogens is 1. The number of benzene rings is 1. The third-order valence-electron chi connectivity index (χ3n) is 1.51. The fourth-order valence-corrected chi connectivity index (χ4v) is 0.859. The lowest BCUT2D eigenvalue weighted by molar-refractivity contribution is -0.135. The van der Waals surface area contributed by atoms with Crippen molar-refractivity contribution in [1.29, 1.82) is 0 Å². The summed E-state index contributed by atoms with van der Waals surface area (Å²) in [6.45, 7) is 3.55. The van der Waals surface area contributed by atoms with Crippen LogP contribution < -0.4 is 5.32 Å². The van der Waals surface area contributed by atoms with E-state index in [-0.39, 0.29) is 5.56 Å². The summed E-state index contributed by atoms with van der Waals surface area (Å²) in [6.07, 6.45) is 0. The second kappa shape index (κ2) is 7.39. The smallest absolute Gasteiger partial charge is 0.322 e. The second-order valence-electron chi connectivity index (χ2n) is 2.58. The zero-order chi connectivity index (χ0) is 12.6. The molecule has 0 aliphatic heterocycles. The predicted molar refractivity (Wildman–Crippen MR) is 57.7 cm³/mol. The summed E-state index contributed by atoms with van der Waals surface area (Å²) in [7, 11) is 0. The van der Waals surface area contributed by atoms with Crippen LogP contribution in [0.5, 0.6) is 0 Å². The lowest BCUT2D eigenvalue weighted by Crippen LogP contribution is -2.29. The highest BCUT2D eigenvalue weighted by atomic mass is 19.1. The Morgan fingerprint density at radius 3 is 2.19 bits per heavy atom. The number of carboxylic acids is 1. The van der Waals surface area contributed by atoms with Crippen molar-refractivity contribution in [3.8, 4) is 0 Å². The Bertz CT molecular complexity index is 349. The average molecular weight is 227 g/mol. The molecule has 0 aromatic heterocycles. The number of hydrogen-bond acceptors (Lipinski definition) is 2. The topological polar surface area (TPSA) is 66.4 Å². The lowest BCUT2D eigenvalue weighted by Gasteiger charge is -2.01. The Balaban J connectivity index is 0.00000106. The maximum absolute atomic E-state index is 12.4. The molecule has 0 aliphatic carbocycles. The maximum atomic E-state index is 12.4. The van der Waals surface area contributed by atoms with Crippen molar-refractivity contribution < 1.29 is 19.1 Å². The van der Waals surface area contributed by atoms with Crippen molar-refractivity contribution >= 4 is 11.9 Å². The van der Waals surface area contributed by atoms with E-state index in [4.69, 9.17) is 5.11 Å². The van der Waals surface area contributed by atoms with Gasteiger partial charge in [0.25, 0.3) is 5.91 Å². The summed E-state index contributed by atoms with van der Waals surface area (Å²) in [4.78, 5) is 21.3. The van der Waals surface area contributed by atoms with Crippen molar-refractivity contribution in [2.24, 2.45) is 0 Å². The van der Waals surface area contributed by atoms with Crippen LogP contribution in [-0.4, -0.2) is 23.5 Å². The Labute approximate surface area is 93.1 Å². The van der Waals surface area contributed by atoms with Crippen LogP contribution in [0.4, 0.5) is 4.39 Å². The summed E-state index contributed by atoms with van der Waals surface area (Å²) >= 11 is 0. The molecule has 1 aromatic rings. The van der Waals surface area contributed by atoms with Gasteiger partial charge in [-0.05, 0) is 24.3 Å². The minimum atomic E-state index is -1.12. The molecular weight excluding hydrogens is 213 g/mol. The molecule has 0 spiro atoms. The van der Waals surface area contributed by atoms with Gasteiger partial charge in [0.05, 0.1) is 0 Å². The number of aliphatic carboxylic acids is 1. The van der Waals surface area contributed by atoms with Crippen LogP contribution in [0, 0.1) is 5.82 Å². The number of amides is 1. The largest absolute Gasteiger partial charge is 0.480 e. The van der Waals surface area contributed by atoms with Gasteiger partial charge in [-0.25, -0.2) is 4.39 Å². The Kier molecular flexibility index (Phi) is 6.51. The van der Waals surface area contributed by atoms with Crippen molar-refractivity contribution in [3.63, 3.8) is 0 Å². The monoisotopic (exact) mass is 227 g/mol. The second-order valence-corrected chi connectivity index (χ2v) is 2.58. The Hall–Kier alpha value is -1.91. The van der Waals surface area contributed by atoms with Gasteiger partial charge in [-0.15, -0.1) is 0 Å². The zero-order valence-corrected chi connectivity index (χ0v) is 9.16. The number of carbonyl (C=O) groups is 2. The van der Waals surface area contributed by atoms with E-state index in [1.54, 1.807) is 0 Å². The highest BCUT2D eigenvalue weighted by Gasteiger charge is 2.06. The molecule has 0 aliphatic rings. The van der Waals surface area contributed by atoms with Crippen molar-refractivity contribution in [3.05, 3.63) is 35.6 Å². The van der Waals surface area contributed by atoms with Gasteiger partial charge in [0.1, 0.15) is 12.4 Å². The Morgan fingerprint density at radius 1 is 1.25 bits per heavy atom. The zero-order valence-electron chi connectivity index (χ0n) is 9.16. The molecule has 0 bridgehead atoms. The maximum Gasteiger partial charge on any atom is 0.322 e. The molecule has 0 fully saturated rings. The molecule has 0 heterocycles. The average Bonchev–Trinajstić information content (AvgIpc) is 2.29. The van der Waals surface area contributed by atoms with Crippen molar-refractivity contribution in [2.45, 2.75) is 13.8 Å². The van der Waals surface area contributed by atoms with E-state index in [0.717, 1.165) is 12.1 Å². The van der Waals surface area contributed by atoms with Gasteiger partial charge < -0.3 is 10.4 Å². The summed E-state index contributed by atoms with van der Waals surface area (Å²) < 4.78 is 12.4. The standard InChI is InChI=1S/C9H8FNO3.C2H6/c10-7-3-1-6(2-4-7)9(14)11-5-8(12)13;1-2/h1-4H,5H2,(H,11,14)(H,12,13);1-2H3. The van der Waals surface area contributed by atoms with Gasteiger partial charge in [0, 0.05) is 5.56 Å². The van der Waals surface area contributed by atoms with E-state index in [0.29, 0.717) is 0 Å². The van der Waals surface area contributed by atoms with Crippen molar-refractivity contribution in [2.75, 3.05) is 6.54 Å². The van der Waals surface area contributed by atoms with E-state index >= 15 is 0 Å². The van der Waals surface area contributed by atoms with Gasteiger partial charge in [0.2, 0.25) is 0 Å². The quantitative estimate of drug-likeness (QED) is 0.825. The van der Waals surface area contributed by atoms with Crippen LogP contribution in [0.2, 0.25) is 0 Å². The molecule has 88 valence electrons. The van der Waals surface area contributed by atoms with Crippen LogP contribution in [0.15, 0.2) is 24.3 Å². The van der Waals surface area contributed by atoms with Gasteiger partial charge in [-0.3, -0.25) is 9.59 Å². The molecule has 0 atom stereocenters. The molecule has 0 radical (unpaired) electrons. The summed E-state index contributed by atoms with van der Waals surface area (Å²) in [5.74, 6) is -2.10. The highest BCUT2D eigenvalue weighted by molar-refractivity contribution is 5.95. The van der Waals surface area contributed by atoms with E-state index in [2.05, 4.69) is 5.32 Å². The van der Waals surface area contributed by atoms with E-state index in [9.17, 15) is 14.0 Å². The fraction of sp³-hybridized carbons (Fsp3) is 0.273. The van der Waals surface area contributed by atoms with Crippen LogP contribution in [-0.2, 0) is 4.79 Å². The molecule has 1 amide bonds. The Morgan fingerprint density at radius 2 is 1.75 bits per heavy atom. The minimum Gasteiger partial charge on any atom is -0.480 e. The number of carbonyl (C=O) groups excluding carboxylic acids is 1. The highest BCUT2D eigenvalue weighted by Crippen LogP contribution is 2.01. The van der Waals surface area contributed by atoms with Crippen molar-refractivity contribution in [1.82, 2.24) is 5.32 Å². The molecular formula is C11H14FNO3. The van der Waals surface area contributed by atoms with Crippen LogP contribution in [0.25, 0.3) is 0 Å². The van der Waals surface area contributed by atoms with Crippen LogP contribution >= 0.6 is 0 Å². The number of rotatable bonds is 3. The molecule has 1 rings (SSSR count).